The van der Waals surface area contributed by atoms with E-state index >= 15 is 0 Å². The third-order valence-electron chi connectivity index (χ3n) is 4.86. The highest BCUT2D eigenvalue weighted by Gasteiger charge is 2.32. The third-order valence-corrected chi connectivity index (χ3v) is 4.86. The summed E-state index contributed by atoms with van der Waals surface area (Å²) in [5.74, 6) is 1.36. The monoisotopic (exact) mass is 402 g/mol. The number of amides is 2. The van der Waals surface area contributed by atoms with Crippen LogP contribution >= 0.6 is 0 Å². The first kappa shape index (κ1) is 20.8. The summed E-state index contributed by atoms with van der Waals surface area (Å²) in [6.07, 6.45) is 1.58. The largest absolute Gasteiger partial charge is 0.497 e. The van der Waals surface area contributed by atoms with Gasteiger partial charge in [0.25, 0.3) is 0 Å². The van der Waals surface area contributed by atoms with Crippen LogP contribution in [0.5, 0.6) is 17.2 Å². The number of hydrogen-bond acceptors (Lipinski definition) is 4. The molecule has 0 spiro atoms. The molecule has 2 amide bonds. The average Bonchev–Trinajstić information content (AvgIpc) is 3.19. The highest BCUT2D eigenvalue weighted by molar-refractivity contribution is 5.91. The lowest BCUT2D eigenvalue weighted by atomic mass is 10.0. The fraction of sp³-hybridized carbons (Fsp3) is 0.409. The number of methoxy groups -OCH3 is 2. The van der Waals surface area contributed by atoms with Crippen molar-refractivity contribution in [3.05, 3.63) is 47.8 Å². The molecule has 0 radical (unpaired) electrons. The van der Waals surface area contributed by atoms with Crippen molar-refractivity contribution in [1.82, 2.24) is 4.90 Å². The van der Waals surface area contributed by atoms with Crippen molar-refractivity contribution in [3.63, 3.8) is 0 Å². The van der Waals surface area contributed by atoms with Crippen molar-refractivity contribution in [3.8, 4) is 17.2 Å². The molecule has 29 heavy (non-hydrogen) atoms. The smallest absolute Gasteiger partial charge is 0.322 e. The van der Waals surface area contributed by atoms with E-state index in [-0.39, 0.29) is 18.2 Å². The van der Waals surface area contributed by atoms with Crippen molar-refractivity contribution in [2.24, 2.45) is 0 Å². The minimum atomic E-state index is -0.439. The molecule has 1 heterocycles. The number of anilines is 1. The molecule has 1 saturated heterocycles. The van der Waals surface area contributed by atoms with Gasteiger partial charge in [0.05, 0.1) is 32.1 Å². The van der Waals surface area contributed by atoms with Crippen LogP contribution in [0, 0.1) is 5.82 Å². The van der Waals surface area contributed by atoms with Crippen LogP contribution in [0.2, 0.25) is 0 Å². The van der Waals surface area contributed by atoms with Gasteiger partial charge in [-0.05, 0) is 51.0 Å². The maximum absolute atomic E-state index is 13.8. The van der Waals surface area contributed by atoms with Gasteiger partial charge < -0.3 is 24.4 Å². The maximum Gasteiger partial charge on any atom is 0.322 e. The molecule has 1 unspecified atom stereocenters. The minimum absolute atomic E-state index is 0.0980. The molecule has 1 atom stereocenters. The summed E-state index contributed by atoms with van der Waals surface area (Å²) in [4.78, 5) is 14.8. The van der Waals surface area contributed by atoms with Gasteiger partial charge >= 0.3 is 6.03 Å². The van der Waals surface area contributed by atoms with Crippen LogP contribution in [0.4, 0.5) is 14.9 Å². The van der Waals surface area contributed by atoms with Crippen LogP contribution in [0.1, 0.15) is 38.3 Å². The number of rotatable bonds is 6. The Morgan fingerprint density at radius 2 is 1.93 bits per heavy atom. The second kappa shape index (κ2) is 9.03. The molecule has 7 heteroatoms. The molecule has 1 aliphatic rings. The molecular formula is C22H27FN2O4. The van der Waals surface area contributed by atoms with Crippen LogP contribution in [-0.2, 0) is 0 Å². The van der Waals surface area contributed by atoms with Crippen molar-refractivity contribution >= 4 is 11.7 Å². The zero-order valence-electron chi connectivity index (χ0n) is 17.2. The number of carbonyl (C=O) groups excluding carboxylic acids is 1. The van der Waals surface area contributed by atoms with Gasteiger partial charge in [-0.15, -0.1) is 0 Å². The van der Waals surface area contributed by atoms with Crippen molar-refractivity contribution in [1.29, 1.82) is 0 Å². The first-order chi connectivity index (χ1) is 13.9. The van der Waals surface area contributed by atoms with Gasteiger partial charge in [-0.1, -0.05) is 0 Å². The fourth-order valence-electron chi connectivity index (χ4n) is 3.57. The van der Waals surface area contributed by atoms with Crippen LogP contribution in [0.3, 0.4) is 0 Å². The molecule has 0 aliphatic carbocycles. The fourth-order valence-corrected chi connectivity index (χ4v) is 3.57. The number of hydrogen-bond donors (Lipinski definition) is 1. The SMILES string of the molecule is COc1ccc(C2CCCN2C(=O)Nc2cc(F)ccc2OC(C)C)c(OC)c1. The number of carbonyl (C=O) groups is 1. The van der Waals surface area contributed by atoms with Crippen LogP contribution in [-0.4, -0.2) is 37.8 Å². The Bertz CT molecular complexity index is 872. The van der Waals surface area contributed by atoms with E-state index in [9.17, 15) is 9.18 Å². The van der Waals surface area contributed by atoms with Gasteiger partial charge in [-0.25, -0.2) is 9.18 Å². The number of ether oxygens (including phenoxy) is 3. The van der Waals surface area contributed by atoms with E-state index in [4.69, 9.17) is 14.2 Å². The zero-order valence-corrected chi connectivity index (χ0v) is 17.2. The van der Waals surface area contributed by atoms with E-state index in [0.717, 1.165) is 18.4 Å². The van der Waals surface area contributed by atoms with E-state index < -0.39 is 5.82 Å². The standard InChI is InChI=1S/C22H27FN2O4/c1-14(2)29-20-10-7-15(23)12-18(20)24-22(26)25-11-5-6-19(25)17-9-8-16(27-3)13-21(17)28-4/h7-10,12-14,19H,5-6,11H2,1-4H3,(H,24,26). The van der Waals surface area contributed by atoms with E-state index in [1.54, 1.807) is 19.1 Å². The van der Waals surface area contributed by atoms with E-state index in [1.807, 2.05) is 32.0 Å². The van der Waals surface area contributed by atoms with Crippen molar-refractivity contribution in [2.75, 3.05) is 26.1 Å². The Labute approximate surface area is 170 Å². The normalized spacial score (nSPS) is 16.1. The van der Waals surface area contributed by atoms with Gasteiger partial charge in [-0.2, -0.15) is 0 Å². The lowest BCUT2D eigenvalue weighted by Crippen LogP contribution is -2.34. The Kier molecular flexibility index (Phi) is 6.46. The van der Waals surface area contributed by atoms with Gasteiger partial charge in [0, 0.05) is 24.2 Å². The lowest BCUT2D eigenvalue weighted by molar-refractivity contribution is 0.205. The van der Waals surface area contributed by atoms with E-state index in [0.29, 0.717) is 29.5 Å². The number of halogens is 1. The second-order valence-electron chi connectivity index (χ2n) is 7.20. The number of nitrogens with one attached hydrogen (secondary N) is 1. The van der Waals surface area contributed by atoms with Crippen molar-refractivity contribution in [2.45, 2.75) is 38.8 Å². The van der Waals surface area contributed by atoms with Crippen LogP contribution in [0.25, 0.3) is 0 Å². The Balaban J connectivity index is 1.84. The topological polar surface area (TPSA) is 60.0 Å². The van der Waals surface area contributed by atoms with Gasteiger partial charge in [0.15, 0.2) is 0 Å². The lowest BCUT2D eigenvalue weighted by Gasteiger charge is -2.27. The zero-order chi connectivity index (χ0) is 21.0. The number of benzene rings is 2. The molecule has 1 aliphatic heterocycles. The Hall–Kier alpha value is -2.96. The van der Waals surface area contributed by atoms with Gasteiger partial charge in [0.1, 0.15) is 23.1 Å². The highest BCUT2D eigenvalue weighted by atomic mass is 19.1. The molecule has 2 aromatic carbocycles. The molecule has 1 fully saturated rings. The number of nitrogens with zero attached hydrogens (tertiary/aromatic N) is 1. The summed E-state index contributed by atoms with van der Waals surface area (Å²) < 4.78 is 30.3. The molecule has 6 nitrogen and oxygen atoms in total. The Morgan fingerprint density at radius 3 is 2.62 bits per heavy atom. The second-order valence-corrected chi connectivity index (χ2v) is 7.20. The average molecular weight is 402 g/mol. The van der Waals surface area contributed by atoms with E-state index in [1.165, 1.54) is 18.2 Å². The number of urea groups is 1. The molecule has 0 saturated carbocycles. The Morgan fingerprint density at radius 1 is 1.14 bits per heavy atom. The van der Waals surface area contributed by atoms with Crippen molar-refractivity contribution < 1.29 is 23.4 Å². The molecular weight excluding hydrogens is 375 g/mol. The summed E-state index contributed by atoms with van der Waals surface area (Å²) >= 11 is 0. The first-order valence-electron chi connectivity index (χ1n) is 9.68. The van der Waals surface area contributed by atoms with E-state index in [2.05, 4.69) is 5.32 Å². The van der Waals surface area contributed by atoms with Crippen LogP contribution in [0.15, 0.2) is 36.4 Å². The molecule has 0 aromatic heterocycles. The maximum atomic E-state index is 13.8. The predicted molar refractivity (Wildman–Crippen MR) is 109 cm³/mol. The summed E-state index contributed by atoms with van der Waals surface area (Å²) in [6, 6.07) is 9.26. The van der Waals surface area contributed by atoms with Crippen LogP contribution < -0.4 is 19.5 Å². The molecule has 2 aromatic rings. The summed E-state index contributed by atoms with van der Waals surface area (Å²) in [5.41, 5.74) is 1.23. The first-order valence-corrected chi connectivity index (χ1v) is 9.68. The molecule has 1 N–H and O–H groups in total. The quantitative estimate of drug-likeness (QED) is 0.739. The third kappa shape index (κ3) is 4.72. The summed E-state index contributed by atoms with van der Waals surface area (Å²) in [7, 11) is 3.19. The summed E-state index contributed by atoms with van der Waals surface area (Å²) in [6.45, 7) is 4.35. The summed E-state index contributed by atoms with van der Waals surface area (Å²) in [5, 5.41) is 2.81. The highest BCUT2D eigenvalue weighted by Crippen LogP contribution is 2.39. The van der Waals surface area contributed by atoms with Gasteiger partial charge in [0.2, 0.25) is 0 Å². The minimum Gasteiger partial charge on any atom is -0.497 e. The predicted octanol–water partition coefficient (Wildman–Crippen LogP) is 5.00. The molecule has 3 rings (SSSR count). The van der Waals surface area contributed by atoms with Gasteiger partial charge in [-0.3, -0.25) is 0 Å². The molecule has 156 valence electrons. The molecule has 0 bridgehead atoms. The number of likely N-dealkylation sites (tertiary alicyclic amines) is 1.